The zero-order valence-corrected chi connectivity index (χ0v) is 12.2. The highest BCUT2D eigenvalue weighted by Crippen LogP contribution is 2.33. The Kier molecular flexibility index (Phi) is 4.20. The lowest BCUT2D eigenvalue weighted by Gasteiger charge is -2.16. The summed E-state index contributed by atoms with van der Waals surface area (Å²) in [7, 11) is 0. The molecular formula is C13H13Cl2N3O2. The highest BCUT2D eigenvalue weighted by Gasteiger charge is 2.25. The van der Waals surface area contributed by atoms with Crippen LogP contribution in [0.3, 0.4) is 0 Å². The van der Waals surface area contributed by atoms with E-state index in [9.17, 15) is 9.59 Å². The average molecular weight is 314 g/mol. The molecule has 4 N–H and O–H groups in total. The molecule has 5 nitrogen and oxygen atoms in total. The largest absolute Gasteiger partial charge is 0.370 e. The summed E-state index contributed by atoms with van der Waals surface area (Å²) in [6.07, 6.45) is -0.0108. The standard InChI is InChI=1S/C13H13Cl2N3O2/c1-6-12(13(20)18-17-6)9(5-11(16)19)8-3-2-7(14)4-10(8)15/h2-4,9H,5H2,1H3,(H2,16,19)(H2,17,18,20)/t9-/m1/s1. The second-order valence-corrected chi connectivity index (χ2v) is 5.35. The Morgan fingerprint density at radius 3 is 2.55 bits per heavy atom. The van der Waals surface area contributed by atoms with E-state index in [-0.39, 0.29) is 12.0 Å². The van der Waals surface area contributed by atoms with Crippen LogP contribution in [0.2, 0.25) is 10.0 Å². The van der Waals surface area contributed by atoms with Crippen molar-refractivity contribution in [3.8, 4) is 0 Å². The Morgan fingerprint density at radius 1 is 1.35 bits per heavy atom. The zero-order valence-electron chi connectivity index (χ0n) is 10.7. The summed E-state index contributed by atoms with van der Waals surface area (Å²) >= 11 is 12.0. The van der Waals surface area contributed by atoms with Gasteiger partial charge in [-0.15, -0.1) is 0 Å². The third-order valence-corrected chi connectivity index (χ3v) is 3.67. The smallest absolute Gasteiger partial charge is 0.267 e. The first-order valence-corrected chi connectivity index (χ1v) is 6.66. The number of nitrogens with two attached hydrogens (primary N) is 1. The van der Waals surface area contributed by atoms with Gasteiger partial charge in [-0.25, -0.2) is 0 Å². The van der Waals surface area contributed by atoms with E-state index in [4.69, 9.17) is 28.9 Å². The Labute approximate surface area is 125 Å². The van der Waals surface area contributed by atoms with Gasteiger partial charge in [-0.05, 0) is 24.6 Å². The lowest BCUT2D eigenvalue weighted by molar-refractivity contribution is -0.118. The van der Waals surface area contributed by atoms with Gasteiger partial charge < -0.3 is 10.8 Å². The minimum Gasteiger partial charge on any atom is -0.370 e. The number of carbonyl (C=O) groups excluding carboxylic acids is 1. The monoisotopic (exact) mass is 313 g/mol. The Balaban J connectivity index is 2.59. The molecule has 1 heterocycles. The molecule has 106 valence electrons. The fraction of sp³-hybridized carbons (Fsp3) is 0.231. The molecule has 1 aromatic carbocycles. The second-order valence-electron chi connectivity index (χ2n) is 4.51. The van der Waals surface area contributed by atoms with Crippen LogP contribution in [0.4, 0.5) is 0 Å². The Bertz CT molecular complexity index is 706. The predicted octanol–water partition coefficient (Wildman–Crippen LogP) is 2.33. The summed E-state index contributed by atoms with van der Waals surface area (Å²) in [4.78, 5) is 23.2. The number of H-pyrrole nitrogens is 2. The molecule has 0 unspecified atom stereocenters. The van der Waals surface area contributed by atoms with Crippen LogP contribution in [-0.2, 0) is 4.79 Å². The number of rotatable bonds is 4. The number of aryl methyl sites for hydroxylation is 1. The number of hydrogen-bond acceptors (Lipinski definition) is 2. The quantitative estimate of drug-likeness (QED) is 0.808. The Hall–Kier alpha value is -1.72. The van der Waals surface area contributed by atoms with E-state index < -0.39 is 11.8 Å². The fourth-order valence-corrected chi connectivity index (χ4v) is 2.77. The number of aromatic amines is 2. The molecule has 2 rings (SSSR count). The van der Waals surface area contributed by atoms with Gasteiger partial charge in [-0.1, -0.05) is 29.3 Å². The van der Waals surface area contributed by atoms with E-state index in [0.29, 0.717) is 26.9 Å². The molecular weight excluding hydrogens is 301 g/mol. The van der Waals surface area contributed by atoms with E-state index >= 15 is 0 Å². The van der Waals surface area contributed by atoms with Gasteiger partial charge in [-0.3, -0.25) is 14.7 Å². The average Bonchev–Trinajstić information content (AvgIpc) is 2.66. The maximum atomic E-state index is 11.9. The van der Waals surface area contributed by atoms with Crippen LogP contribution in [-0.4, -0.2) is 16.1 Å². The van der Waals surface area contributed by atoms with Crippen molar-refractivity contribution >= 4 is 29.1 Å². The summed E-state index contributed by atoms with van der Waals surface area (Å²) < 4.78 is 0. The number of carbonyl (C=O) groups is 1. The molecule has 2 aromatic rings. The number of halogens is 2. The molecule has 1 amide bonds. The topological polar surface area (TPSA) is 91.7 Å². The summed E-state index contributed by atoms with van der Waals surface area (Å²) in [6, 6.07) is 4.93. The first-order chi connectivity index (χ1) is 9.40. The van der Waals surface area contributed by atoms with Crippen LogP contribution in [0.5, 0.6) is 0 Å². The van der Waals surface area contributed by atoms with Gasteiger partial charge in [0.1, 0.15) is 0 Å². The van der Waals surface area contributed by atoms with Crippen molar-refractivity contribution in [2.45, 2.75) is 19.3 Å². The number of aromatic nitrogens is 2. The number of amides is 1. The van der Waals surface area contributed by atoms with Gasteiger partial charge in [-0.2, -0.15) is 0 Å². The minimum absolute atomic E-state index is 0.0108. The predicted molar refractivity (Wildman–Crippen MR) is 78.3 cm³/mol. The van der Waals surface area contributed by atoms with Crippen molar-refractivity contribution in [3.63, 3.8) is 0 Å². The SMILES string of the molecule is Cc1[nH][nH]c(=O)c1[C@H](CC(N)=O)c1ccc(Cl)cc1Cl. The number of nitrogens with one attached hydrogen (secondary N) is 2. The highest BCUT2D eigenvalue weighted by molar-refractivity contribution is 6.35. The molecule has 0 aliphatic carbocycles. The molecule has 0 radical (unpaired) electrons. The lowest BCUT2D eigenvalue weighted by Crippen LogP contribution is -2.20. The van der Waals surface area contributed by atoms with Crippen LogP contribution in [0.25, 0.3) is 0 Å². The molecule has 0 fully saturated rings. The van der Waals surface area contributed by atoms with Gasteiger partial charge in [0.2, 0.25) is 5.91 Å². The second kappa shape index (κ2) is 5.73. The molecule has 0 saturated carbocycles. The third kappa shape index (κ3) is 2.89. The Morgan fingerprint density at radius 2 is 2.05 bits per heavy atom. The van der Waals surface area contributed by atoms with Gasteiger partial charge in [0.15, 0.2) is 0 Å². The van der Waals surface area contributed by atoms with E-state index in [1.165, 1.54) is 0 Å². The first-order valence-electron chi connectivity index (χ1n) is 5.90. The van der Waals surface area contributed by atoms with Crippen LogP contribution in [0, 0.1) is 6.92 Å². The van der Waals surface area contributed by atoms with E-state index in [2.05, 4.69) is 10.2 Å². The molecule has 0 aliphatic rings. The molecule has 0 bridgehead atoms. The van der Waals surface area contributed by atoms with Gasteiger partial charge >= 0.3 is 0 Å². The van der Waals surface area contributed by atoms with E-state index in [1.807, 2.05) is 0 Å². The van der Waals surface area contributed by atoms with Gasteiger partial charge in [0.05, 0.1) is 0 Å². The maximum absolute atomic E-state index is 11.9. The van der Waals surface area contributed by atoms with E-state index in [1.54, 1.807) is 25.1 Å². The minimum atomic E-state index is -0.513. The van der Waals surface area contributed by atoms with Crippen molar-refractivity contribution in [2.75, 3.05) is 0 Å². The van der Waals surface area contributed by atoms with Crippen LogP contribution < -0.4 is 11.3 Å². The van der Waals surface area contributed by atoms with Crippen LogP contribution in [0.15, 0.2) is 23.0 Å². The maximum Gasteiger partial charge on any atom is 0.267 e. The van der Waals surface area contributed by atoms with Crippen LogP contribution in [0.1, 0.15) is 29.2 Å². The van der Waals surface area contributed by atoms with Crippen molar-refractivity contribution in [2.24, 2.45) is 5.73 Å². The molecule has 1 aromatic heterocycles. The van der Waals surface area contributed by atoms with E-state index in [0.717, 1.165) is 0 Å². The fourth-order valence-electron chi connectivity index (χ4n) is 2.23. The van der Waals surface area contributed by atoms with Crippen LogP contribution >= 0.6 is 23.2 Å². The number of benzene rings is 1. The molecule has 0 aliphatic heterocycles. The lowest BCUT2D eigenvalue weighted by atomic mass is 9.88. The molecule has 7 heteroatoms. The first kappa shape index (κ1) is 14.7. The van der Waals surface area contributed by atoms with Crippen molar-refractivity contribution in [1.29, 1.82) is 0 Å². The summed E-state index contributed by atoms with van der Waals surface area (Å²) in [5.74, 6) is -1.02. The normalized spacial score (nSPS) is 12.3. The molecule has 0 spiro atoms. The highest BCUT2D eigenvalue weighted by atomic mass is 35.5. The molecule has 0 saturated heterocycles. The summed E-state index contributed by atoms with van der Waals surface area (Å²) in [5.41, 5.74) is 6.73. The van der Waals surface area contributed by atoms with Crippen molar-refractivity contribution in [3.05, 3.63) is 55.4 Å². The third-order valence-electron chi connectivity index (χ3n) is 3.10. The summed E-state index contributed by atoms with van der Waals surface area (Å²) in [6.45, 7) is 1.74. The molecule has 20 heavy (non-hydrogen) atoms. The van der Waals surface area contributed by atoms with Crippen molar-refractivity contribution < 1.29 is 4.79 Å². The number of hydrogen-bond donors (Lipinski definition) is 3. The van der Waals surface area contributed by atoms with Crippen molar-refractivity contribution in [1.82, 2.24) is 10.2 Å². The van der Waals surface area contributed by atoms with Gasteiger partial charge in [0, 0.05) is 33.6 Å². The molecule has 1 atom stereocenters. The summed E-state index contributed by atoms with van der Waals surface area (Å²) in [5, 5.41) is 6.10. The number of primary amides is 1. The zero-order chi connectivity index (χ0) is 14.9. The van der Waals surface area contributed by atoms with Gasteiger partial charge in [0.25, 0.3) is 5.56 Å².